The number of benzene rings is 1. The number of hydrogen-bond donors (Lipinski definition) is 4. The van der Waals surface area contributed by atoms with Gasteiger partial charge < -0.3 is 21.4 Å². The van der Waals surface area contributed by atoms with Crippen LogP contribution < -0.4 is 16.0 Å². The maximum atomic E-state index is 7.57. The predicted molar refractivity (Wildman–Crippen MR) is 104 cm³/mol. The maximum Gasteiger partial charge on any atom is 0.0311 e. The van der Waals surface area contributed by atoms with Crippen molar-refractivity contribution >= 4 is 11.8 Å². The lowest BCUT2D eigenvalue weighted by Gasteiger charge is -2.24. The van der Waals surface area contributed by atoms with Gasteiger partial charge in [0.05, 0.1) is 0 Å². The monoisotopic (exact) mass is 324 g/mol. The molecule has 4 N–H and O–H groups in total. The topological polar surface area (TPSA) is 59.9 Å². The first-order chi connectivity index (χ1) is 11.6. The summed E-state index contributed by atoms with van der Waals surface area (Å²) in [6.45, 7) is 11.1. The van der Waals surface area contributed by atoms with Gasteiger partial charge >= 0.3 is 0 Å². The summed E-state index contributed by atoms with van der Waals surface area (Å²) in [7, 11) is 3.87. The van der Waals surface area contributed by atoms with Gasteiger partial charge in [0.2, 0.25) is 0 Å². The highest BCUT2D eigenvalue weighted by molar-refractivity contribution is 5.82. The molecule has 0 fully saturated rings. The van der Waals surface area contributed by atoms with Gasteiger partial charge in [-0.1, -0.05) is 37.4 Å². The first kappa shape index (κ1) is 18.2. The van der Waals surface area contributed by atoms with Gasteiger partial charge in [0, 0.05) is 44.5 Å². The number of nitrogens with one attached hydrogen (secondary N) is 4. The van der Waals surface area contributed by atoms with E-state index in [1.807, 2.05) is 14.1 Å². The predicted octanol–water partition coefficient (Wildman–Crippen LogP) is 2.68. The second-order valence-corrected chi connectivity index (χ2v) is 6.04. The van der Waals surface area contributed by atoms with E-state index in [1.165, 1.54) is 17.5 Å². The van der Waals surface area contributed by atoms with E-state index in [9.17, 15) is 0 Å². The first-order valence-electron chi connectivity index (χ1n) is 8.37. The van der Waals surface area contributed by atoms with Gasteiger partial charge in [-0.2, -0.15) is 0 Å². The Morgan fingerprint density at radius 2 is 1.96 bits per heavy atom. The van der Waals surface area contributed by atoms with E-state index in [-0.39, 0.29) is 5.92 Å². The van der Waals surface area contributed by atoms with Crippen molar-refractivity contribution < 1.29 is 0 Å². The van der Waals surface area contributed by atoms with Crippen LogP contribution in [0, 0.1) is 5.41 Å². The van der Waals surface area contributed by atoms with Gasteiger partial charge in [-0.25, -0.2) is 0 Å². The number of allylic oxidation sites excluding steroid dienone is 1. The Bertz CT molecular complexity index is 640. The van der Waals surface area contributed by atoms with Crippen LogP contribution in [0.5, 0.6) is 0 Å². The molecule has 1 atom stereocenters. The van der Waals surface area contributed by atoms with Gasteiger partial charge in [0.25, 0.3) is 0 Å². The van der Waals surface area contributed by atoms with Gasteiger partial charge in [-0.15, -0.1) is 0 Å². The van der Waals surface area contributed by atoms with E-state index >= 15 is 0 Å². The van der Waals surface area contributed by atoms with Crippen molar-refractivity contribution in [1.29, 1.82) is 5.41 Å². The van der Waals surface area contributed by atoms with E-state index in [1.54, 1.807) is 0 Å². The molecule has 0 spiro atoms. The lowest BCUT2D eigenvalue weighted by molar-refractivity contribution is 0.652. The van der Waals surface area contributed by atoms with Crippen LogP contribution >= 0.6 is 0 Å². The Labute approximate surface area is 145 Å². The third-order valence-corrected chi connectivity index (χ3v) is 4.56. The van der Waals surface area contributed by atoms with Gasteiger partial charge in [-0.05, 0) is 41.3 Å². The molecule has 2 rings (SSSR count). The Morgan fingerprint density at radius 3 is 2.54 bits per heavy atom. The standard InChI is InChI=1S/C20H28N4/c1-14(15(2)19-13-24-10-9-20(19)23-4)16-5-7-17(8-6-16)18(11-21)12-22-3/h5-8,11,18,21-24H,1-2,9-10,12-13H2,3-4H3. The van der Waals surface area contributed by atoms with Crippen LogP contribution in [0.2, 0.25) is 0 Å². The number of rotatable bonds is 8. The molecule has 0 saturated heterocycles. The third-order valence-electron chi connectivity index (χ3n) is 4.56. The normalized spacial score (nSPS) is 15.8. The lowest BCUT2D eigenvalue weighted by atomic mass is 9.90. The molecule has 0 amide bonds. The second-order valence-electron chi connectivity index (χ2n) is 6.04. The minimum Gasteiger partial charge on any atom is -0.391 e. The molecule has 4 heteroatoms. The van der Waals surface area contributed by atoms with E-state index in [4.69, 9.17) is 5.41 Å². The molecule has 4 nitrogen and oxygen atoms in total. The van der Waals surface area contributed by atoms with E-state index in [0.29, 0.717) is 0 Å². The fourth-order valence-corrected chi connectivity index (χ4v) is 3.03. The Morgan fingerprint density at radius 1 is 1.25 bits per heavy atom. The van der Waals surface area contributed by atoms with Crippen molar-refractivity contribution in [2.45, 2.75) is 12.3 Å². The van der Waals surface area contributed by atoms with Crippen LogP contribution in [-0.4, -0.2) is 39.9 Å². The molecule has 0 bridgehead atoms. The molecule has 1 unspecified atom stereocenters. The van der Waals surface area contributed by atoms with E-state index in [0.717, 1.165) is 48.3 Å². The van der Waals surface area contributed by atoms with E-state index < -0.39 is 0 Å². The van der Waals surface area contributed by atoms with E-state index in [2.05, 4.69) is 53.4 Å². The molecule has 1 aromatic rings. The van der Waals surface area contributed by atoms with Crippen molar-refractivity contribution in [2.24, 2.45) is 0 Å². The zero-order valence-electron chi connectivity index (χ0n) is 14.7. The van der Waals surface area contributed by atoms with Crippen LogP contribution in [0.15, 0.2) is 54.3 Å². The largest absolute Gasteiger partial charge is 0.391 e. The van der Waals surface area contributed by atoms with Crippen LogP contribution in [0.3, 0.4) is 0 Å². The summed E-state index contributed by atoms with van der Waals surface area (Å²) in [5.74, 6) is 0.0988. The Hall–Kier alpha value is -2.17. The summed E-state index contributed by atoms with van der Waals surface area (Å²) < 4.78 is 0. The Kier molecular flexibility index (Phi) is 6.53. The summed E-state index contributed by atoms with van der Waals surface area (Å²) in [5, 5.41) is 17.4. The summed E-state index contributed by atoms with van der Waals surface area (Å²) in [6.07, 6.45) is 2.47. The van der Waals surface area contributed by atoms with Crippen molar-refractivity contribution in [3.63, 3.8) is 0 Å². The molecule has 128 valence electrons. The molecule has 1 aliphatic heterocycles. The van der Waals surface area contributed by atoms with Crippen LogP contribution in [0.1, 0.15) is 23.5 Å². The molecule has 0 saturated carbocycles. The quantitative estimate of drug-likeness (QED) is 0.439. The number of hydrogen-bond acceptors (Lipinski definition) is 4. The van der Waals surface area contributed by atoms with Crippen molar-refractivity contribution in [3.8, 4) is 0 Å². The Balaban J connectivity index is 2.19. The molecule has 1 aliphatic rings. The highest BCUT2D eigenvalue weighted by atomic mass is 14.9. The fraction of sp³-hybridized carbons (Fsp3) is 0.350. The summed E-state index contributed by atoms with van der Waals surface area (Å²) in [6, 6.07) is 8.30. The van der Waals surface area contributed by atoms with Crippen LogP contribution in [-0.2, 0) is 0 Å². The maximum absolute atomic E-state index is 7.57. The second kappa shape index (κ2) is 8.62. The molecule has 0 aliphatic carbocycles. The smallest absolute Gasteiger partial charge is 0.0311 e. The average molecular weight is 324 g/mol. The molecule has 1 heterocycles. The van der Waals surface area contributed by atoms with Crippen LogP contribution in [0.4, 0.5) is 0 Å². The lowest BCUT2D eigenvalue weighted by Crippen LogP contribution is -2.30. The highest BCUT2D eigenvalue weighted by Gasteiger charge is 2.17. The highest BCUT2D eigenvalue weighted by Crippen LogP contribution is 2.29. The minimum absolute atomic E-state index is 0.0988. The molecule has 24 heavy (non-hydrogen) atoms. The molecule has 1 aromatic carbocycles. The first-order valence-corrected chi connectivity index (χ1v) is 8.37. The van der Waals surface area contributed by atoms with Gasteiger partial charge in [0.1, 0.15) is 0 Å². The van der Waals surface area contributed by atoms with Crippen molar-refractivity contribution in [1.82, 2.24) is 16.0 Å². The summed E-state index contributed by atoms with van der Waals surface area (Å²) in [5.41, 5.74) is 6.60. The zero-order chi connectivity index (χ0) is 17.5. The van der Waals surface area contributed by atoms with Gasteiger partial charge in [-0.3, -0.25) is 0 Å². The molecular formula is C20H28N4. The fourth-order valence-electron chi connectivity index (χ4n) is 3.03. The summed E-state index contributed by atoms with van der Waals surface area (Å²) >= 11 is 0. The SMILES string of the molecule is C=C(C(=C)c1ccc(C(C=N)CNC)cc1)C1=C(NC)CCNC1. The molecular weight excluding hydrogens is 296 g/mol. The van der Waals surface area contributed by atoms with Gasteiger partial charge in [0.15, 0.2) is 0 Å². The average Bonchev–Trinajstić information content (AvgIpc) is 2.65. The summed E-state index contributed by atoms with van der Waals surface area (Å²) in [4.78, 5) is 0. The van der Waals surface area contributed by atoms with Crippen molar-refractivity contribution in [3.05, 3.63) is 65.4 Å². The molecule has 0 aromatic heterocycles. The van der Waals surface area contributed by atoms with Crippen LogP contribution in [0.25, 0.3) is 5.57 Å². The number of likely N-dealkylation sites (N-methyl/N-ethyl adjacent to an activating group) is 1. The van der Waals surface area contributed by atoms with Crippen molar-refractivity contribution in [2.75, 3.05) is 33.7 Å². The molecule has 0 radical (unpaired) electrons. The minimum atomic E-state index is 0.0988. The zero-order valence-corrected chi connectivity index (χ0v) is 14.7. The third kappa shape index (κ3) is 4.02.